The van der Waals surface area contributed by atoms with Crippen LogP contribution in [0.1, 0.15) is 34.0 Å². The number of ketones is 1. The van der Waals surface area contributed by atoms with Crippen molar-refractivity contribution in [1.82, 2.24) is 9.97 Å². The summed E-state index contributed by atoms with van der Waals surface area (Å²) in [7, 11) is 0. The van der Waals surface area contributed by atoms with Crippen LogP contribution in [0.15, 0.2) is 72.9 Å². The largest absolute Gasteiger partial charge is 1.00 e. The summed E-state index contributed by atoms with van der Waals surface area (Å²) in [5.41, 5.74) is 2.37. The molecule has 1 atom stereocenters. The standard InChI is InChI=1S/C28H20Cl2N2O5.Na/c29-18-5-1-17(2-6-18)27-31-11-9-19(32-27)13-24(33)16-3-7-20(8-4-16)37-26-15-25-22(14-23(26)30)21(28(34)35)10-12-36-25;/h1-9,11,14-15,21H,10,12-13H2,(H,34,35);/q;+1/p-1. The van der Waals surface area contributed by atoms with E-state index in [0.29, 0.717) is 51.3 Å². The molecule has 0 fully saturated rings. The van der Waals surface area contributed by atoms with E-state index in [1.54, 1.807) is 54.7 Å². The second-order valence-corrected chi connectivity index (χ2v) is 9.28. The summed E-state index contributed by atoms with van der Waals surface area (Å²) >= 11 is 12.3. The van der Waals surface area contributed by atoms with Crippen molar-refractivity contribution in [2.45, 2.75) is 18.8 Å². The first-order valence-corrected chi connectivity index (χ1v) is 12.2. The zero-order valence-electron chi connectivity index (χ0n) is 20.3. The number of fused-ring (bicyclic) bond motifs is 1. The molecule has 38 heavy (non-hydrogen) atoms. The van der Waals surface area contributed by atoms with Gasteiger partial charge in [-0.2, -0.15) is 0 Å². The molecule has 0 aliphatic carbocycles. The monoisotopic (exact) mass is 556 g/mol. The maximum atomic E-state index is 12.9. The predicted molar refractivity (Wildman–Crippen MR) is 136 cm³/mol. The van der Waals surface area contributed by atoms with Gasteiger partial charge < -0.3 is 19.4 Å². The molecule has 7 nitrogen and oxygen atoms in total. The molecule has 0 saturated carbocycles. The molecule has 2 heterocycles. The molecule has 5 rings (SSSR count). The third-order valence-corrected chi connectivity index (χ3v) is 6.50. The van der Waals surface area contributed by atoms with Gasteiger partial charge in [0.1, 0.15) is 17.2 Å². The van der Waals surface area contributed by atoms with E-state index in [9.17, 15) is 14.7 Å². The maximum absolute atomic E-state index is 12.9. The van der Waals surface area contributed by atoms with Crippen LogP contribution in [0.5, 0.6) is 17.2 Å². The maximum Gasteiger partial charge on any atom is 1.00 e. The van der Waals surface area contributed by atoms with Gasteiger partial charge in [0.25, 0.3) is 0 Å². The summed E-state index contributed by atoms with van der Waals surface area (Å²) in [5, 5.41) is 12.3. The molecule has 1 unspecified atom stereocenters. The Kier molecular flexibility index (Phi) is 9.07. The van der Waals surface area contributed by atoms with E-state index in [2.05, 4.69) is 9.97 Å². The molecule has 1 aromatic heterocycles. The SMILES string of the molecule is O=C(Cc1ccnc(-c2ccc(Cl)cc2)n1)c1ccc(Oc2cc3c(cc2Cl)C(C(=O)[O-])CCO3)cc1.[Na+]. The summed E-state index contributed by atoms with van der Waals surface area (Å²) < 4.78 is 11.5. The van der Waals surface area contributed by atoms with Crippen molar-refractivity contribution >= 4 is 35.0 Å². The Hall–Kier alpha value is -2.94. The summed E-state index contributed by atoms with van der Waals surface area (Å²) in [6.07, 6.45) is 2.05. The molecular formula is C28H19Cl2N2NaO5. The van der Waals surface area contributed by atoms with Crippen LogP contribution < -0.4 is 44.1 Å². The van der Waals surface area contributed by atoms with Gasteiger partial charge in [-0.3, -0.25) is 4.79 Å². The van der Waals surface area contributed by atoms with Gasteiger partial charge in [-0.05, 0) is 67.1 Å². The first kappa shape index (κ1) is 28.1. The molecule has 4 aromatic rings. The molecule has 3 aromatic carbocycles. The van der Waals surface area contributed by atoms with E-state index in [1.807, 2.05) is 12.1 Å². The molecule has 0 saturated heterocycles. The quantitative estimate of drug-likeness (QED) is 0.254. The molecule has 0 N–H and O–H groups in total. The van der Waals surface area contributed by atoms with Crippen LogP contribution in [0.2, 0.25) is 10.0 Å². The van der Waals surface area contributed by atoms with Crippen molar-refractivity contribution in [2.24, 2.45) is 0 Å². The summed E-state index contributed by atoms with van der Waals surface area (Å²) in [6.45, 7) is 0.261. The first-order valence-electron chi connectivity index (χ1n) is 11.4. The molecule has 10 heteroatoms. The van der Waals surface area contributed by atoms with E-state index in [4.69, 9.17) is 32.7 Å². The van der Waals surface area contributed by atoms with Crippen LogP contribution in [0, 0.1) is 0 Å². The number of aromatic nitrogens is 2. The van der Waals surface area contributed by atoms with Gasteiger partial charge in [0.05, 0.1) is 23.7 Å². The molecule has 0 amide bonds. The van der Waals surface area contributed by atoms with Crippen LogP contribution in [0.25, 0.3) is 11.4 Å². The van der Waals surface area contributed by atoms with Crippen molar-refractivity contribution in [2.75, 3.05) is 6.61 Å². The Morgan fingerprint density at radius 3 is 2.47 bits per heavy atom. The van der Waals surface area contributed by atoms with E-state index < -0.39 is 11.9 Å². The van der Waals surface area contributed by atoms with Gasteiger partial charge >= 0.3 is 29.6 Å². The van der Waals surface area contributed by atoms with E-state index >= 15 is 0 Å². The number of Topliss-reactive ketones (excluding diaryl/α,β-unsaturated/α-hetero) is 1. The summed E-state index contributed by atoms with van der Waals surface area (Å²) in [6, 6.07) is 18.6. The van der Waals surface area contributed by atoms with E-state index in [1.165, 1.54) is 6.07 Å². The van der Waals surface area contributed by atoms with Crippen molar-refractivity contribution in [3.8, 4) is 28.6 Å². The van der Waals surface area contributed by atoms with Crippen LogP contribution in [0.3, 0.4) is 0 Å². The Labute approximate surface area is 251 Å². The number of benzene rings is 3. The van der Waals surface area contributed by atoms with Gasteiger partial charge in [-0.15, -0.1) is 0 Å². The third-order valence-electron chi connectivity index (χ3n) is 5.95. The van der Waals surface area contributed by atoms with Gasteiger partial charge in [-0.1, -0.05) is 23.2 Å². The molecule has 1 aliphatic heterocycles. The number of carboxylic acids is 1. The number of ether oxygens (including phenoxy) is 2. The number of hydrogen-bond donors (Lipinski definition) is 0. The minimum atomic E-state index is -1.17. The average molecular weight is 557 g/mol. The molecule has 1 aliphatic rings. The normalized spacial score (nSPS) is 14.0. The number of rotatable bonds is 7. The molecule has 0 bridgehead atoms. The van der Waals surface area contributed by atoms with Crippen LogP contribution in [0.4, 0.5) is 0 Å². The topological polar surface area (TPSA) is 101 Å². The number of hydrogen-bond acceptors (Lipinski definition) is 7. The first-order chi connectivity index (χ1) is 17.9. The minimum Gasteiger partial charge on any atom is -0.549 e. The summed E-state index contributed by atoms with van der Waals surface area (Å²) in [5.74, 6) is -0.375. The fraction of sp³-hybridized carbons (Fsp3) is 0.143. The fourth-order valence-electron chi connectivity index (χ4n) is 4.05. The van der Waals surface area contributed by atoms with Gasteiger partial charge in [-0.25, -0.2) is 9.97 Å². The van der Waals surface area contributed by atoms with Crippen molar-refractivity contribution in [3.05, 3.63) is 99.8 Å². The number of halogens is 2. The molecular weight excluding hydrogens is 538 g/mol. The van der Waals surface area contributed by atoms with E-state index in [0.717, 1.165) is 5.56 Å². The number of carbonyl (C=O) groups excluding carboxylic acids is 2. The van der Waals surface area contributed by atoms with Gasteiger partial charge in [0, 0.05) is 45.9 Å². The second kappa shape index (κ2) is 12.3. The Morgan fingerprint density at radius 1 is 1.03 bits per heavy atom. The van der Waals surface area contributed by atoms with Crippen LogP contribution in [-0.4, -0.2) is 28.3 Å². The van der Waals surface area contributed by atoms with Crippen LogP contribution in [-0.2, 0) is 11.2 Å². The second-order valence-electron chi connectivity index (χ2n) is 8.43. The smallest absolute Gasteiger partial charge is 0.549 e. The molecule has 0 spiro atoms. The van der Waals surface area contributed by atoms with Crippen molar-refractivity contribution in [3.63, 3.8) is 0 Å². The zero-order chi connectivity index (χ0) is 25.9. The number of aliphatic carboxylic acids is 1. The Bertz CT molecular complexity index is 1480. The molecule has 186 valence electrons. The zero-order valence-corrected chi connectivity index (χ0v) is 23.8. The number of carbonyl (C=O) groups is 2. The Balaban J connectivity index is 0.00000336. The average Bonchev–Trinajstić information content (AvgIpc) is 2.89. The number of nitrogens with zero attached hydrogens (tertiary/aromatic N) is 2. The number of carboxylic acid groups (broad SMARTS) is 1. The van der Waals surface area contributed by atoms with Gasteiger partial charge in [0.15, 0.2) is 11.6 Å². The summed E-state index contributed by atoms with van der Waals surface area (Å²) in [4.78, 5) is 33.1. The molecule has 0 radical (unpaired) electrons. The van der Waals surface area contributed by atoms with Gasteiger partial charge in [0.2, 0.25) is 0 Å². The van der Waals surface area contributed by atoms with E-state index in [-0.39, 0.29) is 53.4 Å². The fourth-order valence-corrected chi connectivity index (χ4v) is 4.38. The Morgan fingerprint density at radius 2 is 1.76 bits per heavy atom. The minimum absolute atomic E-state index is 0. The van der Waals surface area contributed by atoms with Crippen LogP contribution >= 0.6 is 23.2 Å². The van der Waals surface area contributed by atoms with Crippen molar-refractivity contribution in [1.29, 1.82) is 0 Å². The van der Waals surface area contributed by atoms with Crippen molar-refractivity contribution < 1.29 is 53.7 Å². The predicted octanol–water partition coefficient (Wildman–Crippen LogP) is 2.29. The third kappa shape index (κ3) is 6.37.